The lowest BCUT2D eigenvalue weighted by Gasteiger charge is -2.10. The van der Waals surface area contributed by atoms with Crippen molar-refractivity contribution in [1.82, 2.24) is 15.6 Å². The van der Waals surface area contributed by atoms with Gasteiger partial charge in [0, 0.05) is 30.1 Å². The molecular formula is C19H25Cl2N3O2. The molecule has 0 spiro atoms. The molecule has 5 nitrogen and oxygen atoms in total. The van der Waals surface area contributed by atoms with E-state index in [4.69, 9.17) is 4.74 Å². The van der Waals surface area contributed by atoms with Gasteiger partial charge in [-0.25, -0.2) is 0 Å². The third kappa shape index (κ3) is 6.83. The highest BCUT2D eigenvalue weighted by Gasteiger charge is 2.14. The van der Waals surface area contributed by atoms with Gasteiger partial charge in [0.05, 0.1) is 0 Å². The van der Waals surface area contributed by atoms with Crippen LogP contribution in [0, 0.1) is 5.92 Å². The van der Waals surface area contributed by atoms with Crippen LogP contribution in [0.25, 0.3) is 0 Å². The monoisotopic (exact) mass is 397 g/mol. The van der Waals surface area contributed by atoms with E-state index in [1.807, 2.05) is 30.3 Å². The molecule has 1 atom stereocenters. The van der Waals surface area contributed by atoms with E-state index in [0.29, 0.717) is 30.4 Å². The van der Waals surface area contributed by atoms with Crippen LogP contribution < -0.4 is 15.4 Å². The molecule has 1 aliphatic heterocycles. The fourth-order valence-electron chi connectivity index (χ4n) is 2.83. The topological polar surface area (TPSA) is 63.2 Å². The summed E-state index contributed by atoms with van der Waals surface area (Å²) in [5.41, 5.74) is 1.63. The second-order valence-electron chi connectivity index (χ2n) is 6.08. The molecule has 1 aromatic carbocycles. The number of rotatable bonds is 7. The van der Waals surface area contributed by atoms with E-state index in [1.54, 1.807) is 18.5 Å². The molecule has 1 aromatic heterocycles. The number of aromatic nitrogens is 1. The molecule has 26 heavy (non-hydrogen) atoms. The molecule has 1 aliphatic rings. The van der Waals surface area contributed by atoms with Gasteiger partial charge >= 0.3 is 0 Å². The van der Waals surface area contributed by atoms with Gasteiger partial charge in [0.1, 0.15) is 12.4 Å². The number of hydrogen-bond donors (Lipinski definition) is 2. The van der Waals surface area contributed by atoms with Gasteiger partial charge in [-0.2, -0.15) is 0 Å². The molecule has 3 rings (SSSR count). The number of pyridine rings is 1. The molecule has 2 heterocycles. The first kappa shape index (κ1) is 22.2. The summed E-state index contributed by atoms with van der Waals surface area (Å²) < 4.78 is 5.74. The summed E-state index contributed by atoms with van der Waals surface area (Å²) in [4.78, 5) is 16.3. The number of carbonyl (C=O) groups is 1. The van der Waals surface area contributed by atoms with Crippen LogP contribution in [0.4, 0.5) is 0 Å². The Morgan fingerprint density at radius 2 is 2.15 bits per heavy atom. The third-order valence-corrected chi connectivity index (χ3v) is 4.23. The van der Waals surface area contributed by atoms with Gasteiger partial charge in [-0.1, -0.05) is 12.1 Å². The van der Waals surface area contributed by atoms with E-state index < -0.39 is 0 Å². The van der Waals surface area contributed by atoms with E-state index in [-0.39, 0.29) is 30.7 Å². The largest absolute Gasteiger partial charge is 0.489 e. The standard InChI is InChI=1S/C19H23N3O2.2ClH/c23-19(22-10-7-15-6-9-21-12-15)17-4-1-5-18(11-17)24-14-16-3-2-8-20-13-16;;/h1-5,8,11,13,15,21H,6-7,9-10,12,14H2,(H,22,23);2*1H. The number of amides is 1. The Bertz CT molecular complexity index is 665. The van der Waals surface area contributed by atoms with Crippen molar-refractivity contribution in [2.45, 2.75) is 19.4 Å². The van der Waals surface area contributed by atoms with Gasteiger partial charge in [0.25, 0.3) is 5.91 Å². The highest BCUT2D eigenvalue weighted by molar-refractivity contribution is 5.94. The highest BCUT2D eigenvalue weighted by atomic mass is 35.5. The van der Waals surface area contributed by atoms with Crippen LogP contribution in [0.3, 0.4) is 0 Å². The van der Waals surface area contributed by atoms with Crippen LogP contribution in [0.1, 0.15) is 28.8 Å². The first-order valence-corrected chi connectivity index (χ1v) is 8.42. The van der Waals surface area contributed by atoms with Gasteiger partial charge in [0.15, 0.2) is 0 Å². The molecule has 0 bridgehead atoms. The van der Waals surface area contributed by atoms with Crippen LogP contribution in [-0.4, -0.2) is 30.5 Å². The summed E-state index contributed by atoms with van der Waals surface area (Å²) in [7, 11) is 0. The molecule has 0 radical (unpaired) electrons. The number of nitrogens with zero attached hydrogens (tertiary/aromatic N) is 1. The Hall–Kier alpha value is -1.82. The number of hydrogen-bond acceptors (Lipinski definition) is 4. The fourth-order valence-corrected chi connectivity index (χ4v) is 2.83. The zero-order chi connectivity index (χ0) is 16.6. The maximum Gasteiger partial charge on any atom is 0.251 e. The van der Waals surface area contributed by atoms with Gasteiger partial charge in [-0.05, 0) is 56.1 Å². The zero-order valence-corrected chi connectivity index (χ0v) is 16.2. The molecule has 1 fully saturated rings. The molecule has 2 aromatic rings. The molecule has 0 saturated carbocycles. The van der Waals surface area contributed by atoms with Crippen LogP contribution in [0.5, 0.6) is 5.75 Å². The minimum Gasteiger partial charge on any atom is -0.489 e. The molecule has 7 heteroatoms. The first-order chi connectivity index (χ1) is 11.8. The lowest BCUT2D eigenvalue weighted by atomic mass is 10.1. The van der Waals surface area contributed by atoms with Crippen LogP contribution in [0.15, 0.2) is 48.8 Å². The SMILES string of the molecule is Cl.Cl.O=C(NCCC1CCNC1)c1cccc(OCc2cccnc2)c1. The summed E-state index contributed by atoms with van der Waals surface area (Å²) >= 11 is 0. The van der Waals surface area contributed by atoms with Crippen molar-refractivity contribution in [2.75, 3.05) is 19.6 Å². The van der Waals surface area contributed by atoms with Crippen LogP contribution in [0.2, 0.25) is 0 Å². The Labute approximate surface area is 166 Å². The van der Waals surface area contributed by atoms with E-state index in [1.165, 1.54) is 6.42 Å². The lowest BCUT2D eigenvalue weighted by Crippen LogP contribution is -2.26. The second-order valence-corrected chi connectivity index (χ2v) is 6.08. The van der Waals surface area contributed by atoms with Gasteiger partial charge in [0.2, 0.25) is 0 Å². The van der Waals surface area contributed by atoms with Gasteiger partial charge in [-0.3, -0.25) is 9.78 Å². The van der Waals surface area contributed by atoms with E-state index in [0.717, 1.165) is 25.1 Å². The number of benzene rings is 1. The Morgan fingerprint density at radius 3 is 2.88 bits per heavy atom. The summed E-state index contributed by atoms with van der Waals surface area (Å²) in [5.74, 6) is 1.32. The van der Waals surface area contributed by atoms with E-state index >= 15 is 0 Å². The molecular weight excluding hydrogens is 373 g/mol. The average molecular weight is 398 g/mol. The lowest BCUT2D eigenvalue weighted by molar-refractivity contribution is 0.0951. The third-order valence-electron chi connectivity index (χ3n) is 4.23. The Kier molecular flexibility index (Phi) is 10.0. The van der Waals surface area contributed by atoms with Crippen LogP contribution in [-0.2, 0) is 6.61 Å². The van der Waals surface area contributed by atoms with Crippen molar-refractivity contribution < 1.29 is 9.53 Å². The van der Waals surface area contributed by atoms with Crippen molar-refractivity contribution >= 4 is 30.7 Å². The molecule has 1 saturated heterocycles. The van der Waals surface area contributed by atoms with E-state index in [9.17, 15) is 4.79 Å². The van der Waals surface area contributed by atoms with Crippen molar-refractivity contribution in [3.63, 3.8) is 0 Å². The average Bonchev–Trinajstić information content (AvgIpc) is 3.14. The fraction of sp³-hybridized carbons (Fsp3) is 0.368. The van der Waals surface area contributed by atoms with E-state index in [2.05, 4.69) is 15.6 Å². The number of halogens is 2. The molecule has 1 unspecified atom stereocenters. The molecule has 1 amide bonds. The first-order valence-electron chi connectivity index (χ1n) is 8.42. The smallest absolute Gasteiger partial charge is 0.251 e. The summed E-state index contributed by atoms with van der Waals surface area (Å²) in [6.07, 6.45) is 5.73. The predicted octanol–water partition coefficient (Wildman–Crippen LogP) is 3.23. The van der Waals surface area contributed by atoms with Crippen molar-refractivity contribution in [1.29, 1.82) is 0 Å². The van der Waals surface area contributed by atoms with Crippen molar-refractivity contribution in [3.8, 4) is 5.75 Å². The normalized spacial score (nSPS) is 15.5. The Morgan fingerprint density at radius 1 is 1.27 bits per heavy atom. The Balaban J connectivity index is 0.00000169. The summed E-state index contributed by atoms with van der Waals surface area (Å²) in [6, 6.07) is 11.1. The predicted molar refractivity (Wildman–Crippen MR) is 107 cm³/mol. The zero-order valence-electron chi connectivity index (χ0n) is 14.5. The van der Waals surface area contributed by atoms with Crippen molar-refractivity contribution in [2.24, 2.45) is 5.92 Å². The highest BCUT2D eigenvalue weighted by Crippen LogP contribution is 2.15. The number of nitrogens with one attached hydrogen (secondary N) is 2. The summed E-state index contributed by atoms with van der Waals surface area (Å²) in [6.45, 7) is 3.31. The maximum atomic E-state index is 12.3. The van der Waals surface area contributed by atoms with Crippen LogP contribution >= 0.6 is 24.8 Å². The van der Waals surface area contributed by atoms with Crippen molar-refractivity contribution in [3.05, 3.63) is 59.9 Å². The molecule has 2 N–H and O–H groups in total. The molecule has 0 aliphatic carbocycles. The number of carbonyl (C=O) groups excluding carboxylic acids is 1. The minimum absolute atomic E-state index is 0. The second kappa shape index (κ2) is 11.7. The maximum absolute atomic E-state index is 12.3. The van der Waals surface area contributed by atoms with Gasteiger partial charge in [-0.15, -0.1) is 24.8 Å². The molecule has 142 valence electrons. The van der Waals surface area contributed by atoms with Gasteiger partial charge < -0.3 is 15.4 Å². The number of ether oxygens (including phenoxy) is 1. The quantitative estimate of drug-likeness (QED) is 0.752. The summed E-state index contributed by atoms with van der Waals surface area (Å²) in [5, 5.41) is 6.34. The minimum atomic E-state index is -0.0483.